The second kappa shape index (κ2) is 7.75. The summed E-state index contributed by atoms with van der Waals surface area (Å²) >= 11 is 0. The zero-order chi connectivity index (χ0) is 22.2. The Balaban J connectivity index is 1.80. The molecule has 2 aromatic rings. The summed E-state index contributed by atoms with van der Waals surface area (Å²) in [5.41, 5.74) is 6.24. The molecule has 1 aliphatic heterocycles. The molecule has 1 atom stereocenters. The third-order valence-electron chi connectivity index (χ3n) is 4.75. The van der Waals surface area contributed by atoms with Crippen LogP contribution in [0.1, 0.15) is 38.8 Å². The monoisotopic (exact) mass is 433 g/mol. The van der Waals surface area contributed by atoms with E-state index in [2.05, 4.69) is 0 Å². The highest BCUT2D eigenvalue weighted by atomic mass is 32.2. The molecule has 0 saturated carbocycles. The van der Waals surface area contributed by atoms with E-state index in [4.69, 9.17) is 10.5 Å². The predicted octanol–water partition coefficient (Wildman–Crippen LogP) is 1.76. The van der Waals surface area contributed by atoms with Crippen molar-refractivity contribution in [2.45, 2.75) is 26.0 Å². The lowest BCUT2D eigenvalue weighted by Gasteiger charge is -2.21. The molecule has 2 N–H and O–H groups in total. The lowest BCUT2D eigenvalue weighted by molar-refractivity contribution is -0.385. The maximum atomic E-state index is 12.4. The number of esters is 1. The van der Waals surface area contributed by atoms with Crippen LogP contribution in [0.3, 0.4) is 0 Å². The molecule has 2 aromatic carbocycles. The number of nitro benzene ring substituents is 1. The molecule has 0 aliphatic carbocycles. The minimum absolute atomic E-state index is 0.0278. The van der Waals surface area contributed by atoms with Crippen molar-refractivity contribution in [1.82, 2.24) is 0 Å². The van der Waals surface area contributed by atoms with Crippen LogP contribution in [0.5, 0.6) is 0 Å². The number of amides is 1. The van der Waals surface area contributed by atoms with Crippen LogP contribution in [0.25, 0.3) is 0 Å². The van der Waals surface area contributed by atoms with Gasteiger partial charge in [-0.25, -0.2) is 13.2 Å². The van der Waals surface area contributed by atoms with Gasteiger partial charge in [-0.05, 0) is 49.2 Å². The summed E-state index contributed by atoms with van der Waals surface area (Å²) in [5.74, 6) is -1.52. The van der Waals surface area contributed by atoms with E-state index >= 15 is 0 Å². The van der Waals surface area contributed by atoms with E-state index in [1.807, 2.05) is 0 Å². The number of fused-ring (bicyclic) bond motifs is 1. The van der Waals surface area contributed by atoms with Gasteiger partial charge in [0.25, 0.3) is 5.69 Å². The quantitative estimate of drug-likeness (QED) is 0.414. The van der Waals surface area contributed by atoms with Crippen LogP contribution in [-0.4, -0.2) is 37.5 Å². The summed E-state index contributed by atoms with van der Waals surface area (Å²) in [4.78, 5) is 34.2. The van der Waals surface area contributed by atoms with E-state index in [1.165, 1.54) is 22.5 Å². The highest BCUT2D eigenvalue weighted by molar-refractivity contribution is 7.92. The molecule has 0 bridgehead atoms. The lowest BCUT2D eigenvalue weighted by Crippen LogP contribution is -2.34. The van der Waals surface area contributed by atoms with Crippen LogP contribution in [0.2, 0.25) is 0 Å². The summed E-state index contributed by atoms with van der Waals surface area (Å²) in [5, 5.41) is 11.2. The van der Waals surface area contributed by atoms with Gasteiger partial charge in [-0.15, -0.1) is 0 Å². The fourth-order valence-electron chi connectivity index (χ4n) is 3.47. The largest absolute Gasteiger partial charge is 0.457 e. The van der Waals surface area contributed by atoms with Crippen LogP contribution in [0, 0.1) is 10.1 Å². The zero-order valence-corrected chi connectivity index (χ0v) is 17.0. The summed E-state index contributed by atoms with van der Waals surface area (Å²) in [6.45, 7) is 1.39. The first-order chi connectivity index (χ1) is 14.0. The average molecular weight is 433 g/mol. The second-order valence-corrected chi connectivity index (χ2v) is 8.86. The molecule has 11 heteroatoms. The lowest BCUT2D eigenvalue weighted by atomic mass is 10.1. The van der Waals surface area contributed by atoms with Gasteiger partial charge < -0.3 is 10.5 Å². The number of nitrogens with zero attached hydrogens (tertiary/aromatic N) is 2. The molecule has 0 aromatic heterocycles. The normalized spacial score (nSPS) is 15.5. The first-order valence-corrected chi connectivity index (χ1v) is 10.7. The number of hydrogen-bond acceptors (Lipinski definition) is 7. The van der Waals surface area contributed by atoms with Crippen LogP contribution < -0.4 is 10.0 Å². The fourth-order valence-corrected chi connectivity index (χ4v) is 4.73. The Kier molecular flexibility index (Phi) is 5.49. The van der Waals surface area contributed by atoms with Gasteiger partial charge in [0.15, 0.2) is 0 Å². The Morgan fingerprint density at radius 1 is 1.23 bits per heavy atom. The number of anilines is 1. The van der Waals surface area contributed by atoms with Gasteiger partial charge in [-0.1, -0.05) is 0 Å². The summed E-state index contributed by atoms with van der Waals surface area (Å²) < 4.78 is 30.5. The topological polar surface area (TPSA) is 150 Å². The van der Waals surface area contributed by atoms with Crippen molar-refractivity contribution in [3.05, 3.63) is 68.8 Å². The molecular weight excluding hydrogens is 414 g/mol. The van der Waals surface area contributed by atoms with Crippen LogP contribution in [0.15, 0.2) is 36.4 Å². The number of benzene rings is 2. The van der Waals surface area contributed by atoms with Crippen molar-refractivity contribution in [2.24, 2.45) is 5.73 Å². The molecule has 3 rings (SSSR count). The predicted molar refractivity (Wildman–Crippen MR) is 108 cm³/mol. The van der Waals surface area contributed by atoms with Crippen molar-refractivity contribution in [3.8, 4) is 0 Å². The Bertz CT molecular complexity index is 1160. The van der Waals surface area contributed by atoms with Crippen molar-refractivity contribution < 1.29 is 27.7 Å². The maximum absolute atomic E-state index is 12.4. The molecule has 158 valence electrons. The van der Waals surface area contributed by atoms with Gasteiger partial charge in [0.05, 0.1) is 28.0 Å². The van der Waals surface area contributed by atoms with Crippen LogP contribution in [0.4, 0.5) is 11.4 Å². The number of primary amides is 1. The molecule has 1 heterocycles. The number of rotatable bonds is 6. The fraction of sp³-hybridized carbons (Fsp3) is 0.263. The van der Waals surface area contributed by atoms with Gasteiger partial charge in [0.1, 0.15) is 6.61 Å². The van der Waals surface area contributed by atoms with E-state index in [0.717, 1.165) is 12.3 Å². The number of sulfonamides is 1. The number of nitrogens with two attached hydrogens (primary N) is 1. The molecule has 0 radical (unpaired) electrons. The SMILES string of the molecule is CC1Cc2cc(C(=O)OCc3ccc(C(N)=O)cc3[N+](=O)[O-])ccc2N1S(C)(=O)=O. The highest BCUT2D eigenvalue weighted by Gasteiger charge is 2.33. The zero-order valence-electron chi connectivity index (χ0n) is 16.2. The molecule has 30 heavy (non-hydrogen) atoms. The van der Waals surface area contributed by atoms with E-state index in [1.54, 1.807) is 19.1 Å². The van der Waals surface area contributed by atoms with Gasteiger partial charge in [-0.3, -0.25) is 19.2 Å². The number of carbonyl (C=O) groups excluding carboxylic acids is 2. The third kappa shape index (κ3) is 4.10. The first-order valence-electron chi connectivity index (χ1n) is 8.85. The van der Waals surface area contributed by atoms with E-state index in [0.29, 0.717) is 17.7 Å². The molecule has 1 unspecified atom stereocenters. The standard InChI is InChI=1S/C19H19N3O7S/c1-11-7-15-8-13(5-6-16(15)21(11)30(2,27)28)19(24)29-10-14-4-3-12(18(20)23)9-17(14)22(25)26/h3-6,8-9,11H,7,10H2,1-2H3,(H2,20,23). The molecule has 0 saturated heterocycles. The van der Waals surface area contributed by atoms with Gasteiger partial charge >= 0.3 is 5.97 Å². The Labute approximate surface area is 172 Å². The van der Waals surface area contributed by atoms with Crippen LogP contribution in [-0.2, 0) is 27.8 Å². The highest BCUT2D eigenvalue weighted by Crippen LogP contribution is 2.35. The number of carbonyl (C=O) groups is 2. The Morgan fingerprint density at radius 2 is 1.90 bits per heavy atom. The van der Waals surface area contributed by atoms with Crippen molar-refractivity contribution in [1.29, 1.82) is 0 Å². The first kappa shape index (κ1) is 21.2. The summed E-state index contributed by atoms with van der Waals surface area (Å²) in [6, 6.07) is 7.93. The molecule has 0 spiro atoms. The number of ether oxygens (including phenoxy) is 1. The number of hydrogen-bond donors (Lipinski definition) is 1. The molecule has 0 fully saturated rings. The van der Waals surface area contributed by atoms with E-state index < -0.39 is 26.8 Å². The van der Waals surface area contributed by atoms with Gasteiger partial charge in [-0.2, -0.15) is 0 Å². The van der Waals surface area contributed by atoms with Crippen molar-refractivity contribution >= 4 is 33.3 Å². The van der Waals surface area contributed by atoms with Gasteiger partial charge in [0.2, 0.25) is 15.9 Å². The molecular formula is C19H19N3O7S. The summed E-state index contributed by atoms with van der Waals surface area (Å²) in [6.07, 6.45) is 1.57. The van der Waals surface area contributed by atoms with Crippen molar-refractivity contribution in [2.75, 3.05) is 10.6 Å². The molecule has 1 aliphatic rings. The van der Waals surface area contributed by atoms with E-state index in [-0.39, 0.29) is 35.0 Å². The van der Waals surface area contributed by atoms with Crippen molar-refractivity contribution in [3.63, 3.8) is 0 Å². The Hall–Kier alpha value is -3.47. The second-order valence-electron chi connectivity index (χ2n) is 7.00. The van der Waals surface area contributed by atoms with Gasteiger partial charge in [0, 0.05) is 17.7 Å². The molecule has 10 nitrogen and oxygen atoms in total. The maximum Gasteiger partial charge on any atom is 0.338 e. The minimum atomic E-state index is -3.45. The number of nitro groups is 1. The average Bonchev–Trinajstić information content (AvgIpc) is 3.00. The minimum Gasteiger partial charge on any atom is -0.457 e. The summed E-state index contributed by atoms with van der Waals surface area (Å²) in [7, 11) is -3.45. The van der Waals surface area contributed by atoms with E-state index in [9.17, 15) is 28.1 Å². The molecule has 1 amide bonds. The Morgan fingerprint density at radius 3 is 2.50 bits per heavy atom. The van der Waals surface area contributed by atoms with Crippen LogP contribution >= 0.6 is 0 Å². The third-order valence-corrected chi connectivity index (χ3v) is 6.02. The smallest absolute Gasteiger partial charge is 0.338 e.